The number of benzene rings is 2. The molecule has 2 bridgehead atoms. The van der Waals surface area contributed by atoms with Crippen LogP contribution in [0.3, 0.4) is 0 Å². The van der Waals surface area contributed by atoms with Crippen molar-refractivity contribution < 1.29 is 9.53 Å². The lowest BCUT2D eigenvalue weighted by Gasteiger charge is -2.31. The molecule has 2 aliphatic rings. The molecule has 0 aromatic heterocycles. The van der Waals surface area contributed by atoms with Crippen LogP contribution in [-0.2, 0) is 10.2 Å². The van der Waals surface area contributed by atoms with Crippen LogP contribution in [0, 0.1) is 5.92 Å². The second-order valence-electron chi connectivity index (χ2n) is 6.64. The average molecular weight is 292 g/mol. The Kier molecular flexibility index (Phi) is 3.07. The molecule has 1 saturated carbocycles. The summed E-state index contributed by atoms with van der Waals surface area (Å²) >= 11 is 0. The van der Waals surface area contributed by atoms with Crippen molar-refractivity contribution in [3.8, 4) is 0 Å². The van der Waals surface area contributed by atoms with Crippen LogP contribution in [0.15, 0.2) is 48.6 Å². The molecule has 2 aliphatic carbocycles. The standard InChI is InChI=1S/C20H20O2/c1-22-19(21)17-11-15-6-2-3-7-16(15)12-18(17)20-9-4-5-14(13-20)8-10-20/h2-4,6-7,9,11-12,14H,5,8,10,13H2,1H3. The van der Waals surface area contributed by atoms with Crippen LogP contribution < -0.4 is 0 Å². The quantitative estimate of drug-likeness (QED) is 0.596. The topological polar surface area (TPSA) is 26.3 Å². The average Bonchev–Trinajstić information content (AvgIpc) is 2.88. The molecule has 4 rings (SSSR count). The van der Waals surface area contributed by atoms with Crippen molar-refractivity contribution in [1.29, 1.82) is 0 Å². The van der Waals surface area contributed by atoms with Crippen molar-refractivity contribution in [3.05, 3.63) is 59.7 Å². The number of hydrogen-bond donors (Lipinski definition) is 0. The third-order valence-corrected chi connectivity index (χ3v) is 5.39. The number of methoxy groups -OCH3 is 1. The molecule has 1 fully saturated rings. The van der Waals surface area contributed by atoms with Crippen LogP contribution >= 0.6 is 0 Å². The summed E-state index contributed by atoms with van der Waals surface area (Å²) in [6.45, 7) is 0. The maximum absolute atomic E-state index is 12.3. The highest BCUT2D eigenvalue weighted by Crippen LogP contribution is 2.51. The molecule has 2 heteroatoms. The summed E-state index contributed by atoms with van der Waals surface area (Å²) in [5.74, 6) is 0.541. The minimum absolute atomic E-state index is 0.0243. The van der Waals surface area contributed by atoms with Gasteiger partial charge in [-0.25, -0.2) is 4.79 Å². The molecule has 112 valence electrons. The predicted octanol–water partition coefficient (Wildman–Crippen LogP) is 4.62. The first-order chi connectivity index (χ1) is 10.7. The summed E-state index contributed by atoms with van der Waals surface area (Å²) in [5, 5.41) is 2.29. The van der Waals surface area contributed by atoms with Gasteiger partial charge < -0.3 is 4.74 Å². The molecule has 0 radical (unpaired) electrons. The number of carbonyl (C=O) groups is 1. The van der Waals surface area contributed by atoms with Crippen LogP contribution in [0.5, 0.6) is 0 Å². The van der Waals surface area contributed by atoms with Gasteiger partial charge in [0.2, 0.25) is 0 Å². The van der Waals surface area contributed by atoms with Crippen LogP contribution in [0.2, 0.25) is 0 Å². The molecule has 2 aromatic carbocycles. The summed E-state index contributed by atoms with van der Waals surface area (Å²) in [6.07, 6.45) is 9.37. The molecular weight excluding hydrogens is 272 g/mol. The Hall–Kier alpha value is -2.09. The first-order valence-electron chi connectivity index (χ1n) is 8.01. The Bertz CT molecular complexity index is 774. The van der Waals surface area contributed by atoms with E-state index in [9.17, 15) is 4.79 Å². The van der Waals surface area contributed by atoms with Crippen LogP contribution in [-0.4, -0.2) is 13.1 Å². The largest absolute Gasteiger partial charge is 0.465 e. The van der Waals surface area contributed by atoms with Gasteiger partial charge in [-0.05, 0) is 60.1 Å². The molecule has 0 N–H and O–H groups in total. The van der Waals surface area contributed by atoms with Gasteiger partial charge in [0, 0.05) is 5.41 Å². The number of rotatable bonds is 2. The molecular formula is C20H20O2. The maximum Gasteiger partial charge on any atom is 0.338 e. The Morgan fingerprint density at radius 3 is 2.77 bits per heavy atom. The fourth-order valence-corrected chi connectivity index (χ4v) is 4.29. The lowest BCUT2D eigenvalue weighted by molar-refractivity contribution is 0.0598. The summed E-state index contributed by atoms with van der Waals surface area (Å²) < 4.78 is 5.06. The fraction of sp³-hybridized carbons (Fsp3) is 0.350. The van der Waals surface area contributed by atoms with E-state index in [2.05, 4.69) is 36.4 Å². The number of carbonyl (C=O) groups excluding carboxylic acids is 1. The van der Waals surface area contributed by atoms with Crippen molar-refractivity contribution >= 4 is 16.7 Å². The molecule has 2 atom stereocenters. The second-order valence-corrected chi connectivity index (χ2v) is 6.64. The van der Waals surface area contributed by atoms with Gasteiger partial charge in [0.05, 0.1) is 12.7 Å². The van der Waals surface area contributed by atoms with E-state index in [1.54, 1.807) is 0 Å². The Balaban J connectivity index is 1.97. The van der Waals surface area contributed by atoms with Gasteiger partial charge in [-0.2, -0.15) is 0 Å². The van der Waals surface area contributed by atoms with E-state index in [0.717, 1.165) is 35.3 Å². The van der Waals surface area contributed by atoms with Crippen LogP contribution in [0.1, 0.15) is 41.6 Å². The van der Waals surface area contributed by atoms with E-state index in [1.165, 1.54) is 25.3 Å². The Morgan fingerprint density at radius 2 is 2.00 bits per heavy atom. The van der Waals surface area contributed by atoms with Crippen molar-refractivity contribution in [2.75, 3.05) is 7.11 Å². The van der Waals surface area contributed by atoms with Crippen molar-refractivity contribution in [2.45, 2.75) is 31.1 Å². The van der Waals surface area contributed by atoms with E-state index >= 15 is 0 Å². The maximum atomic E-state index is 12.3. The normalized spacial score (nSPS) is 26.3. The van der Waals surface area contributed by atoms with E-state index in [1.807, 2.05) is 12.1 Å². The SMILES string of the molecule is COC(=O)c1cc2ccccc2cc1C12C=CCC(CC1)C2. The fourth-order valence-electron chi connectivity index (χ4n) is 4.29. The molecule has 0 aliphatic heterocycles. The zero-order valence-corrected chi connectivity index (χ0v) is 12.8. The van der Waals surface area contributed by atoms with Gasteiger partial charge in [-0.1, -0.05) is 36.4 Å². The molecule has 2 unspecified atom stereocenters. The molecule has 0 heterocycles. The highest BCUT2D eigenvalue weighted by molar-refractivity contribution is 5.97. The Labute approximate surface area is 130 Å². The molecule has 2 nitrogen and oxygen atoms in total. The summed E-state index contributed by atoms with van der Waals surface area (Å²) in [4.78, 5) is 12.3. The lowest BCUT2D eigenvalue weighted by atomic mass is 9.73. The predicted molar refractivity (Wildman–Crippen MR) is 88.1 cm³/mol. The minimum Gasteiger partial charge on any atom is -0.465 e. The van der Waals surface area contributed by atoms with Crippen molar-refractivity contribution in [1.82, 2.24) is 0 Å². The van der Waals surface area contributed by atoms with Gasteiger partial charge in [-0.15, -0.1) is 0 Å². The van der Waals surface area contributed by atoms with Gasteiger partial charge in [-0.3, -0.25) is 0 Å². The lowest BCUT2D eigenvalue weighted by Crippen LogP contribution is -2.25. The van der Waals surface area contributed by atoms with Gasteiger partial charge in [0.1, 0.15) is 0 Å². The molecule has 0 spiro atoms. The monoisotopic (exact) mass is 292 g/mol. The smallest absolute Gasteiger partial charge is 0.338 e. The second kappa shape index (κ2) is 4.98. The zero-order chi connectivity index (χ0) is 15.2. The number of ether oxygens (including phenoxy) is 1. The summed E-state index contributed by atoms with van der Waals surface area (Å²) in [5.41, 5.74) is 1.90. The number of fused-ring (bicyclic) bond motifs is 3. The third-order valence-electron chi connectivity index (χ3n) is 5.39. The van der Waals surface area contributed by atoms with E-state index < -0.39 is 0 Å². The summed E-state index contributed by atoms with van der Waals surface area (Å²) in [7, 11) is 1.47. The van der Waals surface area contributed by atoms with Gasteiger partial charge in [0.25, 0.3) is 0 Å². The van der Waals surface area contributed by atoms with Crippen molar-refractivity contribution in [3.63, 3.8) is 0 Å². The van der Waals surface area contributed by atoms with E-state index in [4.69, 9.17) is 4.74 Å². The first-order valence-corrected chi connectivity index (χ1v) is 8.01. The molecule has 0 amide bonds. The molecule has 22 heavy (non-hydrogen) atoms. The van der Waals surface area contributed by atoms with Crippen LogP contribution in [0.4, 0.5) is 0 Å². The number of esters is 1. The Morgan fingerprint density at radius 1 is 1.23 bits per heavy atom. The zero-order valence-electron chi connectivity index (χ0n) is 12.8. The molecule has 0 saturated heterocycles. The van der Waals surface area contributed by atoms with Crippen LogP contribution in [0.25, 0.3) is 10.8 Å². The minimum atomic E-state index is -0.224. The summed E-state index contributed by atoms with van der Waals surface area (Å²) in [6, 6.07) is 12.4. The molecule has 2 aromatic rings. The van der Waals surface area contributed by atoms with Gasteiger partial charge >= 0.3 is 5.97 Å². The van der Waals surface area contributed by atoms with Gasteiger partial charge in [0.15, 0.2) is 0 Å². The highest BCUT2D eigenvalue weighted by Gasteiger charge is 2.42. The highest BCUT2D eigenvalue weighted by atomic mass is 16.5. The third kappa shape index (κ3) is 1.98. The first kappa shape index (κ1) is 13.6. The van der Waals surface area contributed by atoms with Crippen molar-refractivity contribution in [2.24, 2.45) is 5.92 Å². The van der Waals surface area contributed by atoms with E-state index in [-0.39, 0.29) is 11.4 Å². The van der Waals surface area contributed by atoms with E-state index in [0.29, 0.717) is 0 Å². The number of hydrogen-bond acceptors (Lipinski definition) is 2. The number of allylic oxidation sites excluding steroid dienone is 2.